The Labute approximate surface area is 414 Å². The van der Waals surface area contributed by atoms with Crippen LogP contribution in [0.15, 0.2) is 176 Å². The van der Waals surface area contributed by atoms with Gasteiger partial charge in [-0.3, -0.25) is 0 Å². The predicted octanol–water partition coefficient (Wildman–Crippen LogP) is 18.1. The van der Waals surface area contributed by atoms with Crippen LogP contribution in [-0.4, -0.2) is 19.5 Å². The van der Waals surface area contributed by atoms with E-state index in [2.05, 4.69) is 0 Å². The molecule has 75 heavy (non-hydrogen) atoms. The lowest BCUT2D eigenvalue weighted by Gasteiger charge is -2.19. The summed E-state index contributed by atoms with van der Waals surface area (Å²) in [7, 11) is 0. The van der Waals surface area contributed by atoms with E-state index in [1.54, 1.807) is 60.7 Å². The highest BCUT2D eigenvalue weighted by Gasteiger charge is 2.39. The number of nitrogens with zero attached hydrogens (tertiary/aromatic N) is 4. The van der Waals surface area contributed by atoms with Crippen LogP contribution in [0.3, 0.4) is 0 Å². The number of hydrogen-bond acceptors (Lipinski definition) is 3. The number of rotatable bonds is 7. The standard InChI is InChI=1S/C56H29F15N4/c57-52(58,59)37-21-35(22-38(28-37)53(60,61)62)32-15-18-42-43-19-16-33(36-23-39(54(63,64)65)29-40(24-36)55(66,67)68)26-47(43)75(46(42)25-32)48-27-34(41-13-7-8-14-45(41)56(69,70)71)17-20-44(48)51-73-49(30-9-3-1-4-10-30)72-50(74-51)31-11-5-2-6-12-31/h1-29H. The number of benzene rings is 8. The summed E-state index contributed by atoms with van der Waals surface area (Å²) in [5.41, 5.74) is -8.84. The largest absolute Gasteiger partial charge is 0.417 e. The monoisotopic (exact) mass is 1040 g/mol. The maximum atomic E-state index is 14.8. The lowest BCUT2D eigenvalue weighted by atomic mass is 9.96. The van der Waals surface area contributed by atoms with Crippen LogP contribution in [0.1, 0.15) is 27.8 Å². The lowest BCUT2D eigenvalue weighted by Crippen LogP contribution is -2.11. The van der Waals surface area contributed by atoms with Crippen LogP contribution in [0.25, 0.3) is 95.0 Å². The van der Waals surface area contributed by atoms with E-state index in [1.165, 1.54) is 71.3 Å². The first kappa shape index (κ1) is 50.1. The van der Waals surface area contributed by atoms with Crippen LogP contribution in [0.4, 0.5) is 65.9 Å². The van der Waals surface area contributed by atoms with Crippen molar-refractivity contribution >= 4 is 21.8 Å². The molecule has 0 saturated heterocycles. The molecule has 10 rings (SSSR count). The van der Waals surface area contributed by atoms with Gasteiger partial charge < -0.3 is 4.57 Å². The minimum atomic E-state index is -5.26. The molecule has 0 aliphatic rings. The van der Waals surface area contributed by atoms with Gasteiger partial charge in [-0.2, -0.15) is 65.9 Å². The Morgan fingerprint density at radius 1 is 0.280 bits per heavy atom. The van der Waals surface area contributed by atoms with Gasteiger partial charge in [0.15, 0.2) is 17.5 Å². The molecule has 0 bridgehead atoms. The maximum Gasteiger partial charge on any atom is 0.417 e. The quantitative estimate of drug-likeness (QED) is 0.149. The smallest absolute Gasteiger partial charge is 0.308 e. The van der Waals surface area contributed by atoms with E-state index in [1.807, 2.05) is 0 Å². The molecule has 8 aromatic carbocycles. The Bertz CT molecular complexity index is 3560. The topological polar surface area (TPSA) is 43.6 Å². The molecule has 2 heterocycles. The number of fused-ring (bicyclic) bond motifs is 3. The molecule has 19 heteroatoms. The van der Waals surface area contributed by atoms with Crippen molar-refractivity contribution in [2.45, 2.75) is 30.9 Å². The van der Waals surface area contributed by atoms with Crippen LogP contribution in [0.2, 0.25) is 0 Å². The van der Waals surface area contributed by atoms with Gasteiger partial charge in [0.2, 0.25) is 0 Å². The summed E-state index contributed by atoms with van der Waals surface area (Å²) in [6.45, 7) is 0. The zero-order chi connectivity index (χ0) is 53.4. The molecule has 10 aromatic rings. The molecule has 4 nitrogen and oxygen atoms in total. The molecule has 0 spiro atoms. The van der Waals surface area contributed by atoms with Crippen LogP contribution < -0.4 is 0 Å². The van der Waals surface area contributed by atoms with Gasteiger partial charge in [-0.15, -0.1) is 0 Å². The summed E-state index contributed by atoms with van der Waals surface area (Å²) in [6.07, 6.45) is -26.0. The molecule has 378 valence electrons. The molecule has 0 aliphatic heterocycles. The average molecular weight is 1040 g/mol. The third-order valence-corrected chi connectivity index (χ3v) is 12.3. The first-order valence-electron chi connectivity index (χ1n) is 22.2. The molecule has 0 radical (unpaired) electrons. The summed E-state index contributed by atoms with van der Waals surface area (Å²) >= 11 is 0. The normalized spacial score (nSPS) is 12.7. The van der Waals surface area contributed by atoms with Crippen molar-refractivity contribution in [2.24, 2.45) is 0 Å². The predicted molar refractivity (Wildman–Crippen MR) is 252 cm³/mol. The van der Waals surface area contributed by atoms with E-state index >= 15 is 0 Å². The highest BCUT2D eigenvalue weighted by atomic mass is 19.4. The van der Waals surface area contributed by atoms with E-state index in [0.29, 0.717) is 35.4 Å². The van der Waals surface area contributed by atoms with Crippen molar-refractivity contribution in [1.82, 2.24) is 19.5 Å². The molecule has 0 saturated carbocycles. The number of aromatic nitrogens is 4. The first-order valence-corrected chi connectivity index (χ1v) is 22.2. The van der Waals surface area contributed by atoms with Crippen molar-refractivity contribution in [3.05, 3.63) is 204 Å². The van der Waals surface area contributed by atoms with E-state index in [9.17, 15) is 65.9 Å². The molecular formula is C56H29F15N4. The van der Waals surface area contributed by atoms with Crippen LogP contribution in [0.5, 0.6) is 0 Å². The second-order valence-corrected chi connectivity index (χ2v) is 17.2. The minimum absolute atomic E-state index is 0.0335. The van der Waals surface area contributed by atoms with Gasteiger partial charge in [-0.25, -0.2) is 15.0 Å². The highest BCUT2D eigenvalue weighted by molar-refractivity contribution is 6.12. The fourth-order valence-corrected chi connectivity index (χ4v) is 8.86. The molecule has 2 aromatic heterocycles. The van der Waals surface area contributed by atoms with Gasteiger partial charge in [-0.1, -0.05) is 109 Å². The Hall–Kier alpha value is -8.48. The van der Waals surface area contributed by atoms with Gasteiger partial charge in [0, 0.05) is 27.5 Å². The molecule has 0 amide bonds. The Balaban J connectivity index is 1.35. The Kier molecular flexibility index (Phi) is 12.1. The van der Waals surface area contributed by atoms with E-state index in [4.69, 9.17) is 15.0 Å². The van der Waals surface area contributed by atoms with Crippen molar-refractivity contribution in [1.29, 1.82) is 0 Å². The maximum absolute atomic E-state index is 14.8. The van der Waals surface area contributed by atoms with Crippen molar-refractivity contribution in [3.63, 3.8) is 0 Å². The average Bonchev–Trinajstić information content (AvgIpc) is 3.71. The Morgan fingerprint density at radius 3 is 1.08 bits per heavy atom. The van der Waals surface area contributed by atoms with Gasteiger partial charge in [-0.05, 0) is 100 Å². The lowest BCUT2D eigenvalue weighted by molar-refractivity contribution is -0.144. The van der Waals surface area contributed by atoms with Crippen LogP contribution >= 0.6 is 0 Å². The van der Waals surface area contributed by atoms with Crippen LogP contribution in [0, 0.1) is 0 Å². The SMILES string of the molecule is FC(F)(F)c1cc(-c2ccc3c4ccc(-c5cc(C(F)(F)F)cc(C(F)(F)F)c5)cc4n(-c4cc(-c5ccccc5C(F)(F)F)ccc4-c4nc(-c5ccccc5)nc(-c5ccccc5)n4)c3c2)cc(C(F)(F)F)c1. The second-order valence-electron chi connectivity index (χ2n) is 17.2. The minimum Gasteiger partial charge on any atom is -0.308 e. The van der Waals surface area contributed by atoms with Crippen molar-refractivity contribution < 1.29 is 65.9 Å². The van der Waals surface area contributed by atoms with E-state index in [0.717, 1.165) is 12.1 Å². The highest BCUT2D eigenvalue weighted by Crippen LogP contribution is 2.46. The van der Waals surface area contributed by atoms with Crippen LogP contribution in [-0.2, 0) is 30.9 Å². The summed E-state index contributed by atoms with van der Waals surface area (Å²) in [4.78, 5) is 14.3. The van der Waals surface area contributed by atoms with Gasteiger partial charge in [0.05, 0.1) is 44.5 Å². The summed E-state index contributed by atoms with van der Waals surface area (Å²) in [6, 6.07) is 35.0. The van der Waals surface area contributed by atoms with Crippen molar-refractivity contribution in [3.8, 4) is 73.2 Å². The zero-order valence-corrected chi connectivity index (χ0v) is 37.7. The zero-order valence-electron chi connectivity index (χ0n) is 37.7. The molecule has 0 atom stereocenters. The van der Waals surface area contributed by atoms with E-state index in [-0.39, 0.29) is 84.9 Å². The number of halogens is 15. The number of alkyl halides is 15. The van der Waals surface area contributed by atoms with Gasteiger partial charge in [0.25, 0.3) is 0 Å². The number of hydrogen-bond donors (Lipinski definition) is 0. The summed E-state index contributed by atoms with van der Waals surface area (Å²) < 4.78 is 217. The van der Waals surface area contributed by atoms with Crippen molar-refractivity contribution in [2.75, 3.05) is 0 Å². The first-order chi connectivity index (χ1) is 35.3. The van der Waals surface area contributed by atoms with Gasteiger partial charge >= 0.3 is 30.9 Å². The fourth-order valence-electron chi connectivity index (χ4n) is 8.86. The molecule has 0 fully saturated rings. The third-order valence-electron chi connectivity index (χ3n) is 12.3. The van der Waals surface area contributed by atoms with Gasteiger partial charge in [0.1, 0.15) is 0 Å². The molecule has 0 unspecified atom stereocenters. The molecule has 0 aliphatic carbocycles. The van der Waals surface area contributed by atoms with E-state index < -0.39 is 69.8 Å². The molecule has 0 N–H and O–H groups in total. The third kappa shape index (κ3) is 9.89. The molecular weight excluding hydrogens is 1010 g/mol. The summed E-state index contributed by atoms with van der Waals surface area (Å²) in [5, 5.41) is 0.391. The fraction of sp³-hybridized carbons (Fsp3) is 0.0893. The Morgan fingerprint density at radius 2 is 0.667 bits per heavy atom. The second kappa shape index (κ2) is 18.2. The summed E-state index contributed by atoms with van der Waals surface area (Å²) in [5.74, 6) is 0.105.